The minimum atomic E-state index is -0.833. The van der Waals surface area contributed by atoms with Crippen molar-refractivity contribution in [3.8, 4) is 0 Å². The van der Waals surface area contributed by atoms with E-state index in [0.717, 1.165) is 6.92 Å². The van der Waals surface area contributed by atoms with Gasteiger partial charge in [-0.1, -0.05) is 0 Å². The molecule has 0 aliphatic carbocycles. The summed E-state index contributed by atoms with van der Waals surface area (Å²) < 4.78 is 0. The van der Waals surface area contributed by atoms with Crippen LogP contribution in [0.25, 0.3) is 0 Å². The van der Waals surface area contributed by atoms with E-state index in [1.54, 1.807) is 0 Å². The van der Waals surface area contributed by atoms with E-state index in [9.17, 15) is 0 Å². The fourth-order valence-corrected chi connectivity index (χ4v) is 0. The van der Waals surface area contributed by atoms with Gasteiger partial charge in [0.15, 0.2) is 0 Å². The second kappa shape index (κ2) is 35.6. The number of carboxylic acids is 1. The van der Waals surface area contributed by atoms with Gasteiger partial charge in [0, 0.05) is 17.9 Å². The minimum Gasteiger partial charge on any atom is -0.481 e. The van der Waals surface area contributed by atoms with E-state index in [-0.39, 0.29) is 11.0 Å². The van der Waals surface area contributed by atoms with E-state index < -0.39 is 5.97 Å². The number of rotatable bonds is 0. The Labute approximate surface area is 48.1 Å². The third kappa shape index (κ3) is 116. The maximum Gasteiger partial charge on any atom is 0.300 e. The molecule has 4 nitrogen and oxygen atoms in total. The number of hydrogen-bond donors (Lipinski definition) is 1. The van der Waals surface area contributed by atoms with Gasteiger partial charge in [0.05, 0.1) is 0 Å². The van der Waals surface area contributed by atoms with Gasteiger partial charge >= 0.3 is 0 Å². The molecule has 0 bridgehead atoms. The molecule has 0 amide bonds. The fourth-order valence-electron chi connectivity index (χ4n) is 0. The summed E-state index contributed by atoms with van der Waals surface area (Å²) in [4.78, 5) is 9.00. The summed E-state index contributed by atoms with van der Waals surface area (Å²) in [5, 5.41) is 7.42. The van der Waals surface area contributed by atoms with Crippen LogP contribution < -0.4 is 0 Å². The summed E-state index contributed by atoms with van der Waals surface area (Å²) in [5.41, 5.74) is 0. The zero-order valence-electron chi connectivity index (χ0n) is 4.59. The Hall–Kier alpha value is -0.870. The van der Waals surface area contributed by atoms with Gasteiger partial charge in [0.25, 0.3) is 5.97 Å². The summed E-state index contributed by atoms with van der Waals surface area (Å²) in [6, 6.07) is 0. The Morgan fingerprint density at radius 2 is 1.38 bits per heavy atom. The number of hydrogen-bond acceptors (Lipinski definition) is 1. The third-order valence-electron chi connectivity index (χ3n) is 0. The summed E-state index contributed by atoms with van der Waals surface area (Å²) in [7, 11) is 0. The Kier molecular flexibility index (Phi) is 122. The Balaban J connectivity index is -0.0000000183. The summed E-state index contributed by atoms with van der Waals surface area (Å²) in [5.74, 6) is -0.833. The van der Waals surface area contributed by atoms with Gasteiger partial charge in [-0.2, -0.15) is 0 Å². The van der Waals surface area contributed by atoms with Gasteiger partial charge in [0.2, 0.25) is 0 Å². The first-order chi connectivity index (χ1) is 2.73. The van der Waals surface area contributed by atoms with Crippen molar-refractivity contribution in [1.82, 2.24) is 0 Å². The van der Waals surface area contributed by atoms with Gasteiger partial charge in [-0.25, -0.2) is 0 Å². The summed E-state index contributed by atoms with van der Waals surface area (Å²) >= 11 is 0. The highest BCUT2D eigenvalue weighted by molar-refractivity contribution is 5.62. The number of carboxylic acid groups (broad SMARTS) is 1. The Morgan fingerprint density at radius 3 is 1.38 bits per heavy atom. The molecule has 0 aromatic rings. The molecule has 0 aromatic carbocycles. The quantitative estimate of drug-likeness (QED) is 0.475. The summed E-state index contributed by atoms with van der Waals surface area (Å²) in [6.07, 6.45) is 0. The van der Waals surface area contributed by atoms with Crippen molar-refractivity contribution >= 4 is 5.97 Å². The van der Waals surface area contributed by atoms with Crippen LogP contribution in [0, 0.1) is 0 Å². The van der Waals surface area contributed by atoms with Crippen LogP contribution in [0.15, 0.2) is 13.2 Å². The molecule has 4 heteroatoms. The lowest BCUT2D eigenvalue weighted by molar-refractivity contribution is -0.134. The molecule has 0 aliphatic rings. The highest BCUT2D eigenvalue weighted by Gasteiger charge is 1.65. The second-order valence-corrected chi connectivity index (χ2v) is 0.519. The average molecular weight is 120 g/mol. The molecule has 0 saturated heterocycles. The van der Waals surface area contributed by atoms with Gasteiger partial charge < -0.3 is 5.11 Å². The molecule has 0 atom stereocenters. The molecule has 48 valence electrons. The van der Waals surface area contributed by atoms with Crippen molar-refractivity contribution in [2.24, 2.45) is 0 Å². The van der Waals surface area contributed by atoms with Crippen LogP contribution in [-0.4, -0.2) is 11.1 Å². The topological polar surface area (TPSA) is 94.3 Å². The third-order valence-corrected chi connectivity index (χ3v) is 0. The van der Waals surface area contributed by atoms with Gasteiger partial charge in [-0.05, 0) is 0 Å². The van der Waals surface area contributed by atoms with Gasteiger partial charge in [-0.15, -0.1) is 13.2 Å². The number of aliphatic carboxylic acids is 1. The predicted octanol–water partition coefficient (Wildman–Crippen LogP) is 0.655. The highest BCUT2D eigenvalue weighted by Crippen LogP contribution is 1.42. The maximum absolute atomic E-state index is 9.00. The molecule has 0 fully saturated rings. The Morgan fingerprint density at radius 1 is 1.38 bits per heavy atom. The van der Waals surface area contributed by atoms with Gasteiger partial charge in [0.1, 0.15) is 0 Å². The van der Waals surface area contributed by atoms with Crippen molar-refractivity contribution in [2.45, 2.75) is 6.92 Å². The minimum absolute atomic E-state index is 0. The monoisotopic (exact) mass is 120 g/mol. The van der Waals surface area contributed by atoms with Crippen LogP contribution in [0.5, 0.6) is 0 Å². The second-order valence-electron chi connectivity index (χ2n) is 0.519. The van der Waals surface area contributed by atoms with Crippen LogP contribution in [0.2, 0.25) is 0 Å². The lowest BCUT2D eigenvalue weighted by atomic mass is 10.9. The van der Waals surface area contributed by atoms with E-state index in [1.165, 1.54) is 0 Å². The average Bonchev–Trinajstić information content (AvgIpc) is 1.41. The molecular weight excluding hydrogens is 112 g/mol. The molecule has 0 saturated carbocycles. The fraction of sp³-hybridized carbons (Fsp3) is 0.250. The van der Waals surface area contributed by atoms with E-state index >= 15 is 0 Å². The summed E-state index contributed by atoms with van der Waals surface area (Å²) in [6.45, 7) is 7.08. The van der Waals surface area contributed by atoms with Crippen molar-refractivity contribution in [1.29, 1.82) is 0 Å². The molecule has 8 heavy (non-hydrogen) atoms. The lowest BCUT2D eigenvalue weighted by Gasteiger charge is -1.59. The molecule has 0 heterocycles. The molecule has 0 unspecified atom stereocenters. The van der Waals surface area contributed by atoms with Crippen molar-refractivity contribution in [3.63, 3.8) is 0 Å². The maximum atomic E-state index is 9.00. The van der Waals surface area contributed by atoms with E-state index in [4.69, 9.17) is 9.90 Å². The molecule has 0 spiro atoms. The first-order valence-electron chi connectivity index (χ1n) is 1.43. The lowest BCUT2D eigenvalue weighted by Crippen LogP contribution is -1.78. The zero-order chi connectivity index (χ0) is 5.58. The molecule has 0 aromatic heterocycles. The molecule has 0 rings (SSSR count). The van der Waals surface area contributed by atoms with Crippen LogP contribution >= 0.6 is 0 Å². The zero-order valence-corrected chi connectivity index (χ0v) is 4.59. The van der Waals surface area contributed by atoms with Crippen LogP contribution in [-0.2, 0) is 15.7 Å². The van der Waals surface area contributed by atoms with Crippen LogP contribution in [0.3, 0.4) is 0 Å². The highest BCUT2D eigenvalue weighted by atomic mass is 16.4. The smallest absolute Gasteiger partial charge is 0.300 e. The van der Waals surface area contributed by atoms with Crippen molar-refractivity contribution in [2.75, 3.05) is 0 Å². The van der Waals surface area contributed by atoms with Crippen molar-refractivity contribution in [3.05, 3.63) is 13.2 Å². The predicted molar refractivity (Wildman–Crippen MR) is 25.9 cm³/mol. The van der Waals surface area contributed by atoms with E-state index in [2.05, 4.69) is 13.2 Å². The first kappa shape index (κ1) is 27.3. The molecule has 0 aliphatic heterocycles. The SMILES string of the molecule is C=C.CC(=O)O.[O].[O]. The van der Waals surface area contributed by atoms with Gasteiger partial charge in [-0.3, -0.25) is 4.79 Å². The normalized spacial score (nSPS) is 3.62. The molecule has 1 N–H and O–H groups in total. The number of carbonyl (C=O) groups is 1. The Bertz CT molecular complexity index is 39.3. The largest absolute Gasteiger partial charge is 0.481 e. The van der Waals surface area contributed by atoms with Crippen LogP contribution in [0.1, 0.15) is 6.92 Å². The molecule has 4 radical (unpaired) electrons. The van der Waals surface area contributed by atoms with Crippen LogP contribution in [0.4, 0.5) is 0 Å². The first-order valence-corrected chi connectivity index (χ1v) is 1.43. The van der Waals surface area contributed by atoms with E-state index in [0.29, 0.717) is 0 Å². The van der Waals surface area contributed by atoms with E-state index in [1.807, 2.05) is 0 Å². The molecular formula is C4H8O4. The standard InChI is InChI=1S/C2H4O2.C2H4.2O/c1-2(3)4;1-2;;/h1H3,(H,3,4);1-2H2;;. The van der Waals surface area contributed by atoms with Crippen molar-refractivity contribution < 1.29 is 20.9 Å².